The summed E-state index contributed by atoms with van der Waals surface area (Å²) in [5.74, 6) is 2.47. The summed E-state index contributed by atoms with van der Waals surface area (Å²) >= 11 is 6.06. The first kappa shape index (κ1) is 13.4. The third-order valence-corrected chi connectivity index (χ3v) is 3.77. The summed E-state index contributed by atoms with van der Waals surface area (Å²) in [5, 5.41) is 3.97. The number of halogens is 1. The van der Waals surface area contributed by atoms with Crippen LogP contribution in [0.25, 0.3) is 0 Å². The predicted octanol–water partition coefficient (Wildman–Crippen LogP) is 4.22. The molecule has 4 heteroatoms. The molecule has 0 radical (unpaired) electrons. The average molecular weight is 288 g/mol. The van der Waals surface area contributed by atoms with Crippen LogP contribution in [0.4, 0.5) is 5.82 Å². The van der Waals surface area contributed by atoms with Crippen LogP contribution < -0.4 is 5.32 Å². The molecule has 0 amide bonds. The Labute approximate surface area is 124 Å². The highest BCUT2D eigenvalue weighted by Gasteiger charge is 2.38. The van der Waals surface area contributed by atoms with E-state index in [0.717, 1.165) is 18.1 Å². The Morgan fingerprint density at radius 3 is 2.65 bits per heavy atom. The van der Waals surface area contributed by atoms with Crippen LogP contribution in [0.2, 0.25) is 5.15 Å². The molecular formula is C16H18ClN3. The zero-order chi connectivity index (χ0) is 14.1. The first-order valence-electron chi connectivity index (χ1n) is 6.99. The Bertz CT molecular complexity index is 598. The Kier molecular flexibility index (Phi) is 3.62. The van der Waals surface area contributed by atoms with E-state index in [9.17, 15) is 0 Å². The summed E-state index contributed by atoms with van der Waals surface area (Å²) in [5.41, 5.74) is 1.38. The molecule has 3 nitrogen and oxygen atoms in total. The Hall–Kier alpha value is -1.61. The van der Waals surface area contributed by atoms with Gasteiger partial charge in [0.25, 0.3) is 0 Å². The van der Waals surface area contributed by atoms with Crippen molar-refractivity contribution in [1.29, 1.82) is 0 Å². The van der Waals surface area contributed by atoms with Crippen molar-refractivity contribution in [1.82, 2.24) is 9.97 Å². The maximum Gasteiger partial charge on any atom is 0.135 e. The SMILES string of the molecule is CC(C)c1nc(Cl)cc(NC2CC2c2ccccc2)n1. The fourth-order valence-corrected chi connectivity index (χ4v) is 2.57. The van der Waals surface area contributed by atoms with Crippen LogP contribution in [-0.4, -0.2) is 16.0 Å². The summed E-state index contributed by atoms with van der Waals surface area (Å²) < 4.78 is 0. The van der Waals surface area contributed by atoms with Gasteiger partial charge in [0.1, 0.15) is 16.8 Å². The lowest BCUT2D eigenvalue weighted by molar-refractivity contribution is 0.774. The van der Waals surface area contributed by atoms with Gasteiger partial charge >= 0.3 is 0 Å². The monoisotopic (exact) mass is 287 g/mol. The number of hydrogen-bond donors (Lipinski definition) is 1. The van der Waals surface area contributed by atoms with Gasteiger partial charge in [0.05, 0.1) is 0 Å². The number of rotatable bonds is 4. The lowest BCUT2D eigenvalue weighted by Crippen LogP contribution is -2.08. The molecular weight excluding hydrogens is 270 g/mol. The molecule has 0 bridgehead atoms. The van der Waals surface area contributed by atoms with Crippen molar-refractivity contribution in [2.24, 2.45) is 0 Å². The summed E-state index contributed by atoms with van der Waals surface area (Å²) in [7, 11) is 0. The van der Waals surface area contributed by atoms with Crippen molar-refractivity contribution >= 4 is 17.4 Å². The number of benzene rings is 1. The Morgan fingerprint density at radius 1 is 1.20 bits per heavy atom. The van der Waals surface area contributed by atoms with Gasteiger partial charge in [-0.3, -0.25) is 0 Å². The molecule has 1 aliphatic rings. The van der Waals surface area contributed by atoms with Gasteiger partial charge in [0, 0.05) is 23.9 Å². The number of nitrogens with one attached hydrogen (secondary N) is 1. The van der Waals surface area contributed by atoms with E-state index in [1.807, 2.05) is 6.07 Å². The second kappa shape index (κ2) is 5.41. The van der Waals surface area contributed by atoms with E-state index in [1.54, 1.807) is 6.07 Å². The molecule has 1 aromatic heterocycles. The number of anilines is 1. The minimum atomic E-state index is 0.276. The molecule has 1 fully saturated rings. The van der Waals surface area contributed by atoms with Crippen LogP contribution in [0, 0.1) is 0 Å². The highest BCUT2D eigenvalue weighted by molar-refractivity contribution is 6.29. The van der Waals surface area contributed by atoms with E-state index in [0.29, 0.717) is 17.1 Å². The molecule has 2 aromatic rings. The third kappa shape index (κ3) is 2.93. The fraction of sp³-hybridized carbons (Fsp3) is 0.375. The predicted molar refractivity (Wildman–Crippen MR) is 82.3 cm³/mol. The molecule has 3 rings (SSSR count). The van der Waals surface area contributed by atoms with E-state index in [4.69, 9.17) is 11.6 Å². The zero-order valence-electron chi connectivity index (χ0n) is 11.7. The molecule has 104 valence electrons. The Morgan fingerprint density at radius 2 is 1.95 bits per heavy atom. The molecule has 1 aromatic carbocycles. The van der Waals surface area contributed by atoms with Crippen LogP contribution in [0.15, 0.2) is 36.4 Å². The van der Waals surface area contributed by atoms with Crippen LogP contribution >= 0.6 is 11.6 Å². The lowest BCUT2D eigenvalue weighted by Gasteiger charge is -2.09. The molecule has 2 unspecified atom stereocenters. The van der Waals surface area contributed by atoms with Gasteiger partial charge < -0.3 is 5.32 Å². The fourth-order valence-electron chi connectivity index (χ4n) is 2.38. The maximum atomic E-state index is 6.06. The van der Waals surface area contributed by atoms with Gasteiger partial charge in [-0.1, -0.05) is 55.8 Å². The number of aromatic nitrogens is 2. The second-order valence-corrected chi connectivity index (χ2v) is 5.98. The van der Waals surface area contributed by atoms with E-state index >= 15 is 0 Å². The van der Waals surface area contributed by atoms with E-state index in [1.165, 1.54) is 5.56 Å². The van der Waals surface area contributed by atoms with Gasteiger partial charge in [-0.25, -0.2) is 9.97 Å². The van der Waals surface area contributed by atoms with Crippen molar-refractivity contribution in [3.8, 4) is 0 Å². The van der Waals surface area contributed by atoms with Crippen LogP contribution in [0.5, 0.6) is 0 Å². The summed E-state index contributed by atoms with van der Waals surface area (Å²) in [4.78, 5) is 8.79. The van der Waals surface area contributed by atoms with Crippen molar-refractivity contribution in [2.75, 3.05) is 5.32 Å². The molecule has 1 aliphatic carbocycles. The highest BCUT2D eigenvalue weighted by atomic mass is 35.5. The first-order chi connectivity index (χ1) is 9.63. The molecule has 20 heavy (non-hydrogen) atoms. The van der Waals surface area contributed by atoms with Crippen molar-refractivity contribution in [2.45, 2.75) is 38.1 Å². The molecule has 0 aliphatic heterocycles. The standard InChI is InChI=1S/C16H18ClN3/c1-10(2)16-19-14(17)9-15(20-16)18-13-8-12(13)11-6-4-3-5-7-11/h3-7,9-10,12-13H,8H2,1-2H3,(H,18,19,20). The number of hydrogen-bond acceptors (Lipinski definition) is 3. The molecule has 2 atom stereocenters. The van der Waals surface area contributed by atoms with Crippen LogP contribution in [-0.2, 0) is 0 Å². The normalized spacial score (nSPS) is 21.0. The second-order valence-electron chi connectivity index (χ2n) is 5.59. The van der Waals surface area contributed by atoms with E-state index in [2.05, 4.69) is 53.4 Å². The highest BCUT2D eigenvalue weighted by Crippen LogP contribution is 2.42. The number of nitrogens with zero attached hydrogens (tertiary/aromatic N) is 2. The minimum Gasteiger partial charge on any atom is -0.367 e. The van der Waals surface area contributed by atoms with Gasteiger partial charge in [-0.15, -0.1) is 0 Å². The van der Waals surface area contributed by atoms with E-state index in [-0.39, 0.29) is 5.92 Å². The topological polar surface area (TPSA) is 37.8 Å². The first-order valence-corrected chi connectivity index (χ1v) is 7.37. The minimum absolute atomic E-state index is 0.276. The zero-order valence-corrected chi connectivity index (χ0v) is 12.4. The molecule has 1 heterocycles. The summed E-state index contributed by atoms with van der Waals surface area (Å²) in [6.45, 7) is 4.14. The van der Waals surface area contributed by atoms with Gasteiger partial charge in [0.2, 0.25) is 0 Å². The summed E-state index contributed by atoms with van der Waals surface area (Å²) in [6.07, 6.45) is 1.14. The third-order valence-electron chi connectivity index (χ3n) is 3.58. The molecule has 0 spiro atoms. The van der Waals surface area contributed by atoms with Crippen molar-refractivity contribution in [3.63, 3.8) is 0 Å². The smallest absolute Gasteiger partial charge is 0.135 e. The molecule has 1 N–H and O–H groups in total. The van der Waals surface area contributed by atoms with E-state index < -0.39 is 0 Å². The lowest BCUT2D eigenvalue weighted by atomic mass is 10.1. The van der Waals surface area contributed by atoms with Crippen molar-refractivity contribution in [3.05, 3.63) is 52.9 Å². The van der Waals surface area contributed by atoms with Gasteiger partial charge in [-0.05, 0) is 12.0 Å². The van der Waals surface area contributed by atoms with Crippen LogP contribution in [0.3, 0.4) is 0 Å². The van der Waals surface area contributed by atoms with Crippen molar-refractivity contribution < 1.29 is 0 Å². The average Bonchev–Trinajstić information content (AvgIpc) is 3.18. The molecule has 0 saturated heterocycles. The quantitative estimate of drug-likeness (QED) is 0.856. The maximum absolute atomic E-state index is 6.06. The Balaban J connectivity index is 1.71. The van der Waals surface area contributed by atoms with Gasteiger partial charge in [-0.2, -0.15) is 0 Å². The van der Waals surface area contributed by atoms with Gasteiger partial charge in [0.15, 0.2) is 0 Å². The molecule has 1 saturated carbocycles. The summed E-state index contributed by atoms with van der Waals surface area (Å²) in [6, 6.07) is 12.8. The van der Waals surface area contributed by atoms with Crippen LogP contribution in [0.1, 0.15) is 43.5 Å². The largest absolute Gasteiger partial charge is 0.367 e.